The fraction of sp³-hybridized carbons (Fsp3) is 0.0769. The molecule has 0 atom stereocenters. The maximum Gasteiger partial charge on any atom is 0.337 e. The molecule has 1 aromatic heterocycles. The Hall–Kier alpha value is -2.07. The Bertz CT molecular complexity index is 581. The van der Waals surface area contributed by atoms with Gasteiger partial charge in [0.25, 0.3) is 0 Å². The predicted molar refractivity (Wildman–Crippen MR) is 67.5 cm³/mol. The molecule has 0 radical (unpaired) electrons. The highest BCUT2D eigenvalue weighted by Gasteiger charge is 2.10. The number of aryl methyl sites for hydroxylation is 1. The maximum absolute atomic E-state index is 10.7. The largest absolute Gasteiger partial charge is 0.478 e. The van der Waals surface area contributed by atoms with E-state index in [1.807, 2.05) is 19.1 Å². The normalized spacial score (nSPS) is 10.1. The summed E-state index contributed by atoms with van der Waals surface area (Å²) in [5.74, 6) is -0.296. The topological polar surface area (TPSA) is 59.4 Å². The molecule has 5 heteroatoms. The maximum atomic E-state index is 10.7. The van der Waals surface area contributed by atoms with Crippen LogP contribution in [0.5, 0.6) is 11.6 Å². The van der Waals surface area contributed by atoms with Gasteiger partial charge in [0.2, 0.25) is 5.88 Å². The second kappa shape index (κ2) is 5.06. The van der Waals surface area contributed by atoms with Crippen molar-refractivity contribution in [3.8, 4) is 11.6 Å². The molecule has 0 fully saturated rings. The van der Waals surface area contributed by atoms with E-state index in [-0.39, 0.29) is 16.5 Å². The Labute approximate surface area is 109 Å². The second-order valence-electron chi connectivity index (χ2n) is 3.73. The summed E-state index contributed by atoms with van der Waals surface area (Å²) in [5.41, 5.74) is 1.14. The third-order valence-electron chi connectivity index (χ3n) is 2.29. The number of benzene rings is 1. The zero-order valence-electron chi connectivity index (χ0n) is 9.55. The lowest BCUT2D eigenvalue weighted by molar-refractivity contribution is 0.0696. The molecule has 0 saturated heterocycles. The van der Waals surface area contributed by atoms with E-state index in [2.05, 4.69) is 4.98 Å². The van der Waals surface area contributed by atoms with Gasteiger partial charge in [-0.15, -0.1) is 0 Å². The van der Waals surface area contributed by atoms with E-state index in [0.717, 1.165) is 5.56 Å². The molecule has 0 aliphatic heterocycles. The minimum absolute atomic E-state index is 0.0243. The smallest absolute Gasteiger partial charge is 0.337 e. The summed E-state index contributed by atoms with van der Waals surface area (Å²) in [6.45, 7) is 1.97. The van der Waals surface area contributed by atoms with Crippen LogP contribution in [0.3, 0.4) is 0 Å². The number of carboxylic acids is 1. The minimum atomic E-state index is -1.08. The number of aromatic carboxylic acids is 1. The van der Waals surface area contributed by atoms with Gasteiger partial charge in [0.05, 0.1) is 5.56 Å². The van der Waals surface area contributed by atoms with Crippen molar-refractivity contribution in [2.75, 3.05) is 0 Å². The summed E-state index contributed by atoms with van der Waals surface area (Å²) in [6.07, 6.45) is 1.21. The minimum Gasteiger partial charge on any atom is -0.478 e. The standard InChI is InChI=1S/C13H10ClNO3/c1-8-2-4-10(5-3-8)18-12-11(14)6-9(7-15-12)13(16)17/h2-7H,1H3,(H,16,17). The number of hydrogen-bond donors (Lipinski definition) is 1. The van der Waals surface area contributed by atoms with E-state index < -0.39 is 5.97 Å². The number of carboxylic acid groups (broad SMARTS) is 1. The van der Waals surface area contributed by atoms with Crippen LogP contribution in [0.1, 0.15) is 15.9 Å². The van der Waals surface area contributed by atoms with E-state index in [1.165, 1.54) is 12.3 Å². The lowest BCUT2D eigenvalue weighted by atomic mass is 10.2. The van der Waals surface area contributed by atoms with Crippen molar-refractivity contribution in [3.63, 3.8) is 0 Å². The van der Waals surface area contributed by atoms with Crippen LogP contribution >= 0.6 is 11.6 Å². The SMILES string of the molecule is Cc1ccc(Oc2ncc(C(=O)O)cc2Cl)cc1. The summed E-state index contributed by atoms with van der Waals surface area (Å²) in [5, 5.41) is 8.94. The number of ether oxygens (including phenoxy) is 1. The molecule has 0 amide bonds. The first-order valence-electron chi connectivity index (χ1n) is 5.19. The lowest BCUT2D eigenvalue weighted by Crippen LogP contribution is -1.98. The van der Waals surface area contributed by atoms with Gasteiger partial charge in [-0.25, -0.2) is 9.78 Å². The van der Waals surface area contributed by atoms with Crippen LogP contribution in [0.15, 0.2) is 36.5 Å². The average Bonchev–Trinajstić information content (AvgIpc) is 2.34. The van der Waals surface area contributed by atoms with Gasteiger partial charge in [-0.2, -0.15) is 0 Å². The summed E-state index contributed by atoms with van der Waals surface area (Å²) in [7, 11) is 0. The molecule has 4 nitrogen and oxygen atoms in total. The van der Waals surface area contributed by atoms with Crippen molar-refractivity contribution in [2.24, 2.45) is 0 Å². The highest BCUT2D eigenvalue weighted by Crippen LogP contribution is 2.27. The van der Waals surface area contributed by atoms with Crippen LogP contribution in [-0.4, -0.2) is 16.1 Å². The fourth-order valence-corrected chi connectivity index (χ4v) is 1.54. The highest BCUT2D eigenvalue weighted by molar-refractivity contribution is 6.32. The molecule has 1 N–H and O–H groups in total. The van der Waals surface area contributed by atoms with E-state index >= 15 is 0 Å². The van der Waals surface area contributed by atoms with Crippen molar-refractivity contribution >= 4 is 17.6 Å². The monoisotopic (exact) mass is 263 g/mol. The van der Waals surface area contributed by atoms with Crippen molar-refractivity contribution < 1.29 is 14.6 Å². The van der Waals surface area contributed by atoms with Gasteiger partial charge in [0.1, 0.15) is 10.8 Å². The molecule has 1 aromatic carbocycles. The number of pyridine rings is 1. The molecular weight excluding hydrogens is 254 g/mol. The first-order chi connectivity index (χ1) is 8.56. The van der Waals surface area contributed by atoms with Gasteiger partial charge in [0.15, 0.2) is 0 Å². The Morgan fingerprint density at radius 1 is 1.33 bits per heavy atom. The lowest BCUT2D eigenvalue weighted by Gasteiger charge is -2.07. The van der Waals surface area contributed by atoms with Crippen molar-refractivity contribution in [1.82, 2.24) is 4.98 Å². The van der Waals surface area contributed by atoms with E-state index in [1.54, 1.807) is 12.1 Å². The highest BCUT2D eigenvalue weighted by atomic mass is 35.5. The first kappa shape index (κ1) is 12.4. The van der Waals surface area contributed by atoms with Crippen LogP contribution in [0.25, 0.3) is 0 Å². The fourth-order valence-electron chi connectivity index (χ4n) is 1.34. The summed E-state index contributed by atoms with van der Waals surface area (Å²) in [6, 6.07) is 8.68. The number of hydrogen-bond acceptors (Lipinski definition) is 3. The second-order valence-corrected chi connectivity index (χ2v) is 4.14. The van der Waals surface area contributed by atoms with E-state index in [4.69, 9.17) is 21.4 Å². The average molecular weight is 264 g/mol. The molecule has 2 aromatic rings. The summed E-state index contributed by atoms with van der Waals surface area (Å²) < 4.78 is 5.46. The molecule has 2 rings (SSSR count). The van der Waals surface area contributed by atoms with Crippen LogP contribution in [-0.2, 0) is 0 Å². The molecule has 0 aliphatic carbocycles. The van der Waals surface area contributed by atoms with E-state index in [0.29, 0.717) is 5.75 Å². The van der Waals surface area contributed by atoms with Crippen molar-refractivity contribution in [1.29, 1.82) is 0 Å². The molecular formula is C13H10ClNO3. The van der Waals surface area contributed by atoms with Gasteiger partial charge in [-0.3, -0.25) is 0 Å². The Morgan fingerprint density at radius 2 is 2.00 bits per heavy atom. The van der Waals surface area contributed by atoms with Gasteiger partial charge in [0, 0.05) is 6.20 Å². The van der Waals surface area contributed by atoms with Crippen LogP contribution < -0.4 is 4.74 Å². The Kier molecular flexibility index (Phi) is 3.48. The predicted octanol–water partition coefficient (Wildman–Crippen LogP) is 3.53. The number of aromatic nitrogens is 1. The molecule has 18 heavy (non-hydrogen) atoms. The quantitative estimate of drug-likeness (QED) is 0.920. The molecule has 0 saturated carbocycles. The Morgan fingerprint density at radius 3 is 2.56 bits per heavy atom. The third-order valence-corrected chi connectivity index (χ3v) is 2.56. The molecule has 0 unspecified atom stereocenters. The van der Waals surface area contributed by atoms with Crippen molar-refractivity contribution in [3.05, 3.63) is 52.7 Å². The number of carbonyl (C=O) groups is 1. The van der Waals surface area contributed by atoms with Gasteiger partial charge >= 0.3 is 5.97 Å². The van der Waals surface area contributed by atoms with E-state index in [9.17, 15) is 4.79 Å². The molecule has 92 valence electrons. The van der Waals surface area contributed by atoms with Crippen LogP contribution in [0, 0.1) is 6.92 Å². The molecule has 0 bridgehead atoms. The van der Waals surface area contributed by atoms with Crippen LogP contribution in [0.4, 0.5) is 0 Å². The number of rotatable bonds is 3. The summed E-state index contributed by atoms with van der Waals surface area (Å²) >= 11 is 5.90. The zero-order valence-corrected chi connectivity index (χ0v) is 10.3. The number of nitrogens with zero attached hydrogens (tertiary/aromatic N) is 1. The number of halogens is 1. The van der Waals surface area contributed by atoms with Crippen LogP contribution in [0.2, 0.25) is 5.02 Å². The Balaban J connectivity index is 2.24. The zero-order chi connectivity index (χ0) is 13.1. The molecule has 0 aliphatic rings. The van der Waals surface area contributed by atoms with Gasteiger partial charge < -0.3 is 9.84 Å². The summed E-state index contributed by atoms with van der Waals surface area (Å²) in [4.78, 5) is 14.6. The van der Waals surface area contributed by atoms with Gasteiger partial charge in [-0.1, -0.05) is 29.3 Å². The first-order valence-corrected chi connectivity index (χ1v) is 5.57. The molecule has 1 heterocycles. The third kappa shape index (κ3) is 2.78. The van der Waals surface area contributed by atoms with Crippen molar-refractivity contribution in [2.45, 2.75) is 6.92 Å². The van der Waals surface area contributed by atoms with Gasteiger partial charge in [-0.05, 0) is 25.1 Å². The molecule has 0 spiro atoms.